The average Bonchev–Trinajstić information content (AvgIpc) is 2.68. The second-order valence-corrected chi connectivity index (χ2v) is 3.82. The molecule has 0 aromatic heterocycles. The lowest BCUT2D eigenvalue weighted by atomic mass is 9.95. The van der Waals surface area contributed by atoms with Crippen LogP contribution in [-0.2, 0) is 0 Å². The minimum absolute atomic E-state index is 0.405. The van der Waals surface area contributed by atoms with Crippen molar-refractivity contribution in [1.29, 1.82) is 0 Å². The van der Waals surface area contributed by atoms with Crippen LogP contribution < -0.4 is 0 Å². The molecule has 0 aromatic carbocycles. The molecule has 2 rings (SSSR count). The predicted octanol–water partition coefficient (Wildman–Crippen LogP) is 2.77. The van der Waals surface area contributed by atoms with Gasteiger partial charge in [0.2, 0.25) is 0 Å². The molecule has 1 atom stereocenters. The van der Waals surface area contributed by atoms with E-state index in [0.717, 1.165) is 5.92 Å². The molecule has 2 heteroatoms. The molecule has 0 amide bonds. The van der Waals surface area contributed by atoms with E-state index in [1.54, 1.807) is 0 Å². The highest BCUT2D eigenvalue weighted by atomic mass is 15.1. The second-order valence-electron chi connectivity index (χ2n) is 3.82. The first kappa shape index (κ1) is 7.01. The Kier molecular flexibility index (Phi) is 1.55. The molecule has 1 unspecified atom stereocenters. The van der Waals surface area contributed by atoms with Crippen LogP contribution in [-0.4, -0.2) is 6.04 Å². The maximum atomic E-state index is 4.21. The zero-order valence-electron chi connectivity index (χ0n) is 7.12. The van der Waals surface area contributed by atoms with Crippen molar-refractivity contribution in [3.63, 3.8) is 0 Å². The molecule has 0 saturated heterocycles. The minimum Gasteiger partial charge on any atom is -0.181 e. The highest BCUT2D eigenvalue weighted by molar-refractivity contribution is 5.22. The van der Waals surface area contributed by atoms with Gasteiger partial charge in [0.25, 0.3) is 0 Å². The van der Waals surface area contributed by atoms with Gasteiger partial charge in [0, 0.05) is 0 Å². The fraction of sp³-hybridized carbons (Fsp3) is 0.778. The Bertz CT molecular complexity index is 212. The lowest BCUT2D eigenvalue weighted by Gasteiger charge is -2.13. The first-order chi connectivity index (χ1) is 5.29. The van der Waals surface area contributed by atoms with Crippen molar-refractivity contribution < 1.29 is 0 Å². The van der Waals surface area contributed by atoms with E-state index >= 15 is 0 Å². The summed E-state index contributed by atoms with van der Waals surface area (Å²) in [6.07, 6.45) is 4.70. The van der Waals surface area contributed by atoms with Crippen LogP contribution in [0.4, 0.5) is 0 Å². The number of azo groups is 1. The predicted molar refractivity (Wildman–Crippen MR) is 44.3 cm³/mol. The molecule has 1 saturated carbocycles. The SMILES string of the molecule is CC(C)C1N=NC=C1C1CC1. The first-order valence-electron chi connectivity index (χ1n) is 4.39. The van der Waals surface area contributed by atoms with E-state index in [-0.39, 0.29) is 0 Å². The van der Waals surface area contributed by atoms with Crippen molar-refractivity contribution in [3.8, 4) is 0 Å². The number of hydrogen-bond donors (Lipinski definition) is 0. The largest absolute Gasteiger partial charge is 0.181 e. The van der Waals surface area contributed by atoms with Gasteiger partial charge in [-0.1, -0.05) is 13.8 Å². The number of nitrogens with zero attached hydrogens (tertiary/aromatic N) is 2. The van der Waals surface area contributed by atoms with Gasteiger partial charge >= 0.3 is 0 Å². The van der Waals surface area contributed by atoms with Gasteiger partial charge in [-0.2, -0.15) is 10.2 Å². The standard InChI is InChI=1S/C9H14N2/c1-6(2)9-8(5-10-11-9)7-3-4-7/h5-7,9H,3-4H2,1-2H3. The van der Waals surface area contributed by atoms with Gasteiger partial charge in [0.1, 0.15) is 0 Å². The zero-order valence-corrected chi connectivity index (χ0v) is 7.12. The zero-order chi connectivity index (χ0) is 7.84. The van der Waals surface area contributed by atoms with E-state index in [9.17, 15) is 0 Å². The van der Waals surface area contributed by atoms with Gasteiger partial charge in [-0.15, -0.1) is 0 Å². The van der Waals surface area contributed by atoms with Crippen LogP contribution in [0.1, 0.15) is 26.7 Å². The Labute approximate surface area is 67.4 Å². The maximum absolute atomic E-state index is 4.21. The lowest BCUT2D eigenvalue weighted by molar-refractivity contribution is 0.531. The summed E-state index contributed by atoms with van der Waals surface area (Å²) in [7, 11) is 0. The highest BCUT2D eigenvalue weighted by Crippen LogP contribution is 2.42. The smallest absolute Gasteiger partial charge is 0.0965 e. The van der Waals surface area contributed by atoms with Gasteiger partial charge in [-0.25, -0.2) is 0 Å². The molecule has 0 aromatic rings. The van der Waals surface area contributed by atoms with Crippen LogP contribution in [0.15, 0.2) is 22.0 Å². The molecule has 0 bridgehead atoms. The summed E-state index contributed by atoms with van der Waals surface area (Å²) in [5.41, 5.74) is 1.49. The third-order valence-electron chi connectivity index (χ3n) is 2.42. The van der Waals surface area contributed by atoms with Crippen LogP contribution in [0.25, 0.3) is 0 Å². The normalized spacial score (nSPS) is 29.7. The summed E-state index contributed by atoms with van der Waals surface area (Å²) in [6, 6.07) is 0.405. The van der Waals surface area contributed by atoms with Gasteiger partial charge in [0.05, 0.1) is 12.2 Å². The summed E-state index contributed by atoms with van der Waals surface area (Å²) in [5.74, 6) is 1.45. The van der Waals surface area contributed by atoms with E-state index in [0.29, 0.717) is 12.0 Å². The van der Waals surface area contributed by atoms with Crippen molar-refractivity contribution >= 4 is 0 Å². The molecule has 1 aliphatic carbocycles. The van der Waals surface area contributed by atoms with Crippen LogP contribution >= 0.6 is 0 Å². The van der Waals surface area contributed by atoms with E-state index < -0.39 is 0 Å². The topological polar surface area (TPSA) is 24.7 Å². The summed E-state index contributed by atoms with van der Waals surface area (Å²) < 4.78 is 0. The summed E-state index contributed by atoms with van der Waals surface area (Å²) in [5, 5.41) is 8.20. The van der Waals surface area contributed by atoms with Gasteiger partial charge < -0.3 is 0 Å². The fourth-order valence-corrected chi connectivity index (χ4v) is 1.60. The maximum Gasteiger partial charge on any atom is 0.0965 e. The third kappa shape index (κ3) is 1.22. The second kappa shape index (κ2) is 2.43. The van der Waals surface area contributed by atoms with Gasteiger partial charge in [-0.3, -0.25) is 0 Å². The van der Waals surface area contributed by atoms with E-state index in [2.05, 4.69) is 24.1 Å². The third-order valence-corrected chi connectivity index (χ3v) is 2.42. The Hall–Kier alpha value is -0.660. The Morgan fingerprint density at radius 1 is 1.45 bits per heavy atom. The van der Waals surface area contributed by atoms with Crippen molar-refractivity contribution in [2.45, 2.75) is 32.7 Å². The molecule has 0 spiro atoms. The molecule has 0 radical (unpaired) electrons. The number of rotatable bonds is 2. The quantitative estimate of drug-likeness (QED) is 0.578. The molecule has 60 valence electrons. The van der Waals surface area contributed by atoms with Crippen molar-refractivity contribution in [2.75, 3.05) is 0 Å². The van der Waals surface area contributed by atoms with Crippen LogP contribution in [0.2, 0.25) is 0 Å². The molecule has 2 aliphatic rings. The Morgan fingerprint density at radius 2 is 2.18 bits per heavy atom. The Balaban J connectivity index is 2.09. The molecular weight excluding hydrogens is 136 g/mol. The minimum atomic E-state index is 0.405. The average molecular weight is 150 g/mol. The van der Waals surface area contributed by atoms with Gasteiger partial charge in [-0.05, 0) is 30.3 Å². The summed E-state index contributed by atoms with van der Waals surface area (Å²) in [6.45, 7) is 4.43. The van der Waals surface area contributed by atoms with Crippen molar-refractivity contribution in [3.05, 3.63) is 11.8 Å². The first-order valence-corrected chi connectivity index (χ1v) is 4.39. The molecule has 0 N–H and O–H groups in total. The summed E-state index contributed by atoms with van der Waals surface area (Å²) >= 11 is 0. The monoisotopic (exact) mass is 150 g/mol. The van der Waals surface area contributed by atoms with Crippen LogP contribution in [0, 0.1) is 11.8 Å². The lowest BCUT2D eigenvalue weighted by Crippen LogP contribution is -2.14. The van der Waals surface area contributed by atoms with Gasteiger partial charge in [0.15, 0.2) is 0 Å². The van der Waals surface area contributed by atoms with E-state index in [1.807, 2.05) is 6.20 Å². The van der Waals surface area contributed by atoms with Crippen LogP contribution in [0.3, 0.4) is 0 Å². The molecule has 2 nitrogen and oxygen atoms in total. The van der Waals surface area contributed by atoms with Crippen LogP contribution in [0.5, 0.6) is 0 Å². The molecule has 1 fully saturated rings. The molecule has 1 aliphatic heterocycles. The fourth-order valence-electron chi connectivity index (χ4n) is 1.60. The highest BCUT2D eigenvalue weighted by Gasteiger charge is 2.34. The Morgan fingerprint density at radius 3 is 2.73 bits per heavy atom. The summed E-state index contributed by atoms with van der Waals surface area (Å²) in [4.78, 5) is 0. The van der Waals surface area contributed by atoms with E-state index in [4.69, 9.17) is 0 Å². The molecular formula is C9H14N2. The van der Waals surface area contributed by atoms with E-state index in [1.165, 1.54) is 18.4 Å². The molecule has 1 heterocycles. The van der Waals surface area contributed by atoms with Crippen molar-refractivity contribution in [1.82, 2.24) is 0 Å². The van der Waals surface area contributed by atoms with Crippen molar-refractivity contribution in [2.24, 2.45) is 22.1 Å². The molecule has 11 heavy (non-hydrogen) atoms. The number of hydrogen-bond acceptors (Lipinski definition) is 2.